The number of hydrogen-bond donors (Lipinski definition) is 0. The van der Waals surface area contributed by atoms with Gasteiger partial charge >= 0.3 is 12.1 Å². The van der Waals surface area contributed by atoms with Gasteiger partial charge in [0.15, 0.2) is 5.92 Å². The molecule has 0 spiro atoms. The van der Waals surface area contributed by atoms with E-state index in [1.54, 1.807) is 30.3 Å². The van der Waals surface area contributed by atoms with Crippen LogP contribution in [0.15, 0.2) is 30.3 Å². The van der Waals surface area contributed by atoms with Gasteiger partial charge in [0.2, 0.25) is 0 Å². The second-order valence-corrected chi connectivity index (χ2v) is 3.97. The normalized spacial score (nSPS) is 14.9. The Morgan fingerprint density at radius 2 is 1.83 bits per heavy atom. The van der Waals surface area contributed by atoms with Crippen LogP contribution >= 0.6 is 0 Å². The molecule has 0 aromatic heterocycles. The molecule has 5 heteroatoms. The second-order valence-electron chi connectivity index (χ2n) is 3.97. The molecule has 100 valence electrons. The Bertz CT molecular complexity index is 387. The van der Waals surface area contributed by atoms with Gasteiger partial charge in [-0.3, -0.25) is 4.79 Å². The number of carbonyl (C=O) groups excluding carboxylic acids is 1. The SMILES string of the molecule is CCOC(=O)C(C(C)c1ccccc1)C(F)(F)F. The number of esters is 1. The largest absolute Gasteiger partial charge is 0.466 e. The molecule has 2 atom stereocenters. The Morgan fingerprint density at radius 3 is 2.28 bits per heavy atom. The second kappa shape index (κ2) is 5.89. The lowest BCUT2D eigenvalue weighted by molar-refractivity contribution is -0.200. The molecule has 0 saturated heterocycles. The van der Waals surface area contributed by atoms with Crippen LogP contribution in [-0.4, -0.2) is 18.8 Å². The molecular formula is C13H15F3O2. The molecule has 0 aliphatic rings. The maximum absolute atomic E-state index is 12.9. The van der Waals surface area contributed by atoms with Crippen LogP contribution in [-0.2, 0) is 9.53 Å². The van der Waals surface area contributed by atoms with Gasteiger partial charge in [0.1, 0.15) is 0 Å². The minimum Gasteiger partial charge on any atom is -0.466 e. The van der Waals surface area contributed by atoms with Gasteiger partial charge in [0.25, 0.3) is 0 Å². The molecule has 0 heterocycles. The van der Waals surface area contributed by atoms with E-state index in [0.717, 1.165) is 0 Å². The third-order valence-corrected chi connectivity index (χ3v) is 2.72. The molecule has 0 aliphatic carbocycles. The van der Waals surface area contributed by atoms with Crippen LogP contribution in [0.1, 0.15) is 25.3 Å². The highest BCUT2D eigenvalue weighted by atomic mass is 19.4. The van der Waals surface area contributed by atoms with E-state index in [-0.39, 0.29) is 6.61 Å². The maximum atomic E-state index is 12.9. The fourth-order valence-corrected chi connectivity index (χ4v) is 1.80. The first-order valence-corrected chi connectivity index (χ1v) is 5.66. The van der Waals surface area contributed by atoms with Crippen LogP contribution in [0.3, 0.4) is 0 Å². The molecule has 0 saturated carbocycles. The van der Waals surface area contributed by atoms with E-state index in [2.05, 4.69) is 4.74 Å². The molecule has 1 aromatic rings. The zero-order chi connectivity index (χ0) is 13.8. The Balaban J connectivity index is 3.01. The van der Waals surface area contributed by atoms with Crippen molar-refractivity contribution in [2.45, 2.75) is 25.9 Å². The highest BCUT2D eigenvalue weighted by Crippen LogP contribution is 2.38. The average molecular weight is 260 g/mol. The van der Waals surface area contributed by atoms with Crippen molar-refractivity contribution >= 4 is 5.97 Å². The van der Waals surface area contributed by atoms with Crippen molar-refractivity contribution in [2.24, 2.45) is 5.92 Å². The fraction of sp³-hybridized carbons (Fsp3) is 0.462. The first-order chi connectivity index (χ1) is 8.38. The molecule has 0 bridgehead atoms. The summed E-state index contributed by atoms with van der Waals surface area (Å²) in [6.45, 7) is 2.80. The Morgan fingerprint density at radius 1 is 1.28 bits per heavy atom. The highest BCUT2D eigenvalue weighted by Gasteiger charge is 2.49. The summed E-state index contributed by atoms with van der Waals surface area (Å²) >= 11 is 0. The van der Waals surface area contributed by atoms with Crippen molar-refractivity contribution in [3.05, 3.63) is 35.9 Å². The van der Waals surface area contributed by atoms with Gasteiger partial charge < -0.3 is 4.74 Å². The number of alkyl halides is 3. The quantitative estimate of drug-likeness (QED) is 0.774. The minimum absolute atomic E-state index is 0.0626. The van der Waals surface area contributed by atoms with Gasteiger partial charge in [-0.1, -0.05) is 37.3 Å². The number of hydrogen-bond acceptors (Lipinski definition) is 2. The summed E-state index contributed by atoms with van der Waals surface area (Å²) in [4.78, 5) is 11.5. The number of ether oxygens (including phenoxy) is 1. The number of rotatable bonds is 4. The van der Waals surface area contributed by atoms with Crippen molar-refractivity contribution in [3.8, 4) is 0 Å². The van der Waals surface area contributed by atoms with Crippen LogP contribution < -0.4 is 0 Å². The molecule has 1 rings (SSSR count). The Labute approximate surface area is 104 Å². The third-order valence-electron chi connectivity index (χ3n) is 2.72. The van der Waals surface area contributed by atoms with E-state index >= 15 is 0 Å². The summed E-state index contributed by atoms with van der Waals surface area (Å²) in [5.41, 5.74) is 0.466. The zero-order valence-electron chi connectivity index (χ0n) is 10.2. The third kappa shape index (κ3) is 3.48. The van der Waals surface area contributed by atoms with Crippen LogP contribution in [0, 0.1) is 5.92 Å². The first kappa shape index (κ1) is 14.5. The number of halogens is 3. The average Bonchev–Trinajstić information content (AvgIpc) is 2.28. The molecule has 0 radical (unpaired) electrons. The van der Waals surface area contributed by atoms with Crippen molar-refractivity contribution < 1.29 is 22.7 Å². The minimum atomic E-state index is -4.61. The molecule has 18 heavy (non-hydrogen) atoms. The lowest BCUT2D eigenvalue weighted by Crippen LogP contribution is -2.36. The molecule has 0 fully saturated rings. The summed E-state index contributed by atoms with van der Waals surface area (Å²) in [6.07, 6.45) is -4.61. The first-order valence-electron chi connectivity index (χ1n) is 5.66. The fourth-order valence-electron chi connectivity index (χ4n) is 1.80. The van der Waals surface area contributed by atoms with Crippen molar-refractivity contribution in [3.63, 3.8) is 0 Å². The maximum Gasteiger partial charge on any atom is 0.402 e. The van der Waals surface area contributed by atoms with Crippen molar-refractivity contribution in [1.29, 1.82) is 0 Å². The van der Waals surface area contributed by atoms with Crippen molar-refractivity contribution in [2.75, 3.05) is 6.61 Å². The lowest BCUT2D eigenvalue weighted by atomic mass is 9.87. The van der Waals surface area contributed by atoms with Gasteiger partial charge in [0.05, 0.1) is 6.61 Å². The van der Waals surface area contributed by atoms with Crippen LogP contribution in [0.5, 0.6) is 0 Å². The molecular weight excluding hydrogens is 245 g/mol. The van der Waals surface area contributed by atoms with Gasteiger partial charge in [-0.25, -0.2) is 0 Å². The molecule has 0 amide bonds. The van der Waals surface area contributed by atoms with Gasteiger partial charge in [-0.15, -0.1) is 0 Å². The summed E-state index contributed by atoms with van der Waals surface area (Å²) in [5.74, 6) is -4.31. The smallest absolute Gasteiger partial charge is 0.402 e. The van der Waals surface area contributed by atoms with Gasteiger partial charge in [-0.05, 0) is 12.5 Å². The van der Waals surface area contributed by atoms with Crippen LogP contribution in [0.25, 0.3) is 0 Å². The summed E-state index contributed by atoms with van der Waals surface area (Å²) < 4.78 is 43.3. The van der Waals surface area contributed by atoms with E-state index in [1.165, 1.54) is 13.8 Å². The molecule has 2 unspecified atom stereocenters. The van der Waals surface area contributed by atoms with Crippen LogP contribution in [0.4, 0.5) is 13.2 Å². The standard InChI is InChI=1S/C13H15F3O2/c1-3-18-12(17)11(13(14,15)16)9(2)10-7-5-4-6-8-10/h4-9,11H,3H2,1-2H3. The molecule has 1 aromatic carbocycles. The van der Waals surface area contributed by atoms with E-state index < -0.39 is 24.0 Å². The summed E-state index contributed by atoms with van der Waals surface area (Å²) in [6, 6.07) is 8.14. The van der Waals surface area contributed by atoms with Crippen LogP contribution in [0.2, 0.25) is 0 Å². The number of carbonyl (C=O) groups is 1. The molecule has 0 aliphatic heterocycles. The molecule has 2 nitrogen and oxygen atoms in total. The predicted octanol–water partition coefficient (Wildman–Crippen LogP) is 3.53. The predicted molar refractivity (Wildman–Crippen MR) is 61.0 cm³/mol. The molecule has 0 N–H and O–H groups in total. The van der Waals surface area contributed by atoms with E-state index in [1.807, 2.05) is 0 Å². The van der Waals surface area contributed by atoms with E-state index in [9.17, 15) is 18.0 Å². The number of benzene rings is 1. The lowest BCUT2D eigenvalue weighted by Gasteiger charge is -2.24. The van der Waals surface area contributed by atoms with E-state index in [0.29, 0.717) is 5.56 Å². The van der Waals surface area contributed by atoms with Crippen molar-refractivity contribution in [1.82, 2.24) is 0 Å². The monoisotopic (exact) mass is 260 g/mol. The summed E-state index contributed by atoms with van der Waals surface area (Å²) in [5, 5.41) is 0. The summed E-state index contributed by atoms with van der Waals surface area (Å²) in [7, 11) is 0. The highest BCUT2D eigenvalue weighted by molar-refractivity contribution is 5.74. The zero-order valence-corrected chi connectivity index (χ0v) is 10.2. The van der Waals surface area contributed by atoms with Gasteiger partial charge in [0, 0.05) is 5.92 Å². The van der Waals surface area contributed by atoms with Gasteiger partial charge in [-0.2, -0.15) is 13.2 Å². The Hall–Kier alpha value is -1.52. The van der Waals surface area contributed by atoms with E-state index in [4.69, 9.17) is 0 Å². The topological polar surface area (TPSA) is 26.3 Å². The Kier molecular flexibility index (Phi) is 4.76.